The molecule has 1 nitrogen and oxygen atoms in total. The molecule has 3 heteroatoms. The van der Waals surface area contributed by atoms with Gasteiger partial charge in [-0.15, -0.1) is 0 Å². The maximum Gasteiger partial charge on any atom is 0.143 e. The molecular formula is C10H10ClIO. The van der Waals surface area contributed by atoms with Crippen LogP contribution in [0, 0.1) is 3.57 Å². The topological polar surface area (TPSA) is 9.23 Å². The minimum atomic E-state index is -0.104. The van der Waals surface area contributed by atoms with Crippen molar-refractivity contribution in [3.05, 3.63) is 26.3 Å². The number of hydrogen-bond acceptors (Lipinski definition) is 1. The molecule has 1 heterocycles. The Morgan fingerprint density at radius 3 is 2.77 bits per heavy atom. The first-order valence-electron chi connectivity index (χ1n) is 4.15. The first kappa shape index (κ1) is 9.59. The summed E-state index contributed by atoms with van der Waals surface area (Å²) in [6, 6.07) is 3.93. The number of halogens is 2. The normalized spacial score (nSPS) is 18.2. The Morgan fingerprint density at radius 2 is 2.15 bits per heavy atom. The molecule has 2 rings (SSSR count). The van der Waals surface area contributed by atoms with Gasteiger partial charge in [0.2, 0.25) is 0 Å². The van der Waals surface area contributed by atoms with E-state index in [2.05, 4.69) is 36.4 Å². The van der Waals surface area contributed by atoms with E-state index in [1.165, 1.54) is 9.13 Å². The van der Waals surface area contributed by atoms with Crippen molar-refractivity contribution in [1.82, 2.24) is 0 Å². The molecule has 1 aliphatic rings. The van der Waals surface area contributed by atoms with E-state index in [9.17, 15) is 0 Å². The number of hydrogen-bond donors (Lipinski definition) is 0. The van der Waals surface area contributed by atoms with Crippen molar-refractivity contribution in [1.29, 1.82) is 0 Å². The van der Waals surface area contributed by atoms with E-state index in [-0.39, 0.29) is 5.60 Å². The third kappa shape index (κ3) is 1.66. The molecule has 1 aromatic rings. The van der Waals surface area contributed by atoms with Crippen LogP contribution in [0.1, 0.15) is 19.4 Å². The maximum atomic E-state index is 6.04. The molecule has 1 aliphatic heterocycles. The summed E-state index contributed by atoms with van der Waals surface area (Å²) in [4.78, 5) is 0. The fraction of sp³-hybridized carbons (Fsp3) is 0.400. The molecule has 0 fully saturated rings. The zero-order valence-electron chi connectivity index (χ0n) is 7.53. The van der Waals surface area contributed by atoms with E-state index >= 15 is 0 Å². The quantitative estimate of drug-likeness (QED) is 0.665. The smallest absolute Gasteiger partial charge is 0.143 e. The number of rotatable bonds is 0. The first-order chi connectivity index (χ1) is 5.99. The predicted octanol–water partition coefficient (Wildman–Crippen LogP) is 3.66. The molecule has 0 amide bonds. The van der Waals surface area contributed by atoms with Gasteiger partial charge >= 0.3 is 0 Å². The number of fused-ring (bicyclic) bond motifs is 1. The van der Waals surface area contributed by atoms with Gasteiger partial charge in [0, 0.05) is 15.6 Å². The van der Waals surface area contributed by atoms with Crippen LogP contribution in [0.3, 0.4) is 0 Å². The van der Waals surface area contributed by atoms with Crippen LogP contribution in [0.5, 0.6) is 5.75 Å². The Kier molecular flexibility index (Phi) is 2.23. The molecule has 0 saturated carbocycles. The van der Waals surface area contributed by atoms with Crippen molar-refractivity contribution in [2.75, 3.05) is 0 Å². The molecule has 0 N–H and O–H groups in total. The second kappa shape index (κ2) is 3.02. The molecule has 0 unspecified atom stereocenters. The Bertz CT molecular complexity index is 327. The van der Waals surface area contributed by atoms with Gasteiger partial charge in [0.25, 0.3) is 0 Å². The molecule has 0 spiro atoms. The highest BCUT2D eigenvalue weighted by atomic mass is 127. The van der Waals surface area contributed by atoms with Crippen molar-refractivity contribution in [2.45, 2.75) is 25.9 Å². The third-order valence-corrected chi connectivity index (χ3v) is 3.44. The molecular weight excluding hydrogens is 298 g/mol. The van der Waals surface area contributed by atoms with Gasteiger partial charge in [-0.25, -0.2) is 0 Å². The number of benzene rings is 1. The van der Waals surface area contributed by atoms with Crippen LogP contribution in [-0.4, -0.2) is 5.60 Å². The van der Waals surface area contributed by atoms with Crippen LogP contribution in [0.25, 0.3) is 0 Å². The molecule has 0 aliphatic carbocycles. The Hall–Kier alpha value is 0.0400. The molecule has 70 valence electrons. The SMILES string of the molecule is CC1(C)Cc2c(I)ccc(Cl)c2O1. The van der Waals surface area contributed by atoms with Crippen molar-refractivity contribution >= 4 is 34.2 Å². The lowest BCUT2D eigenvalue weighted by molar-refractivity contribution is 0.138. The molecule has 0 radical (unpaired) electrons. The van der Waals surface area contributed by atoms with Crippen LogP contribution in [0.4, 0.5) is 0 Å². The maximum absolute atomic E-state index is 6.04. The summed E-state index contributed by atoms with van der Waals surface area (Å²) in [5, 5.41) is 0.723. The lowest BCUT2D eigenvalue weighted by atomic mass is 10.0. The molecule has 0 atom stereocenters. The molecule has 0 bridgehead atoms. The first-order valence-corrected chi connectivity index (χ1v) is 5.61. The van der Waals surface area contributed by atoms with Gasteiger partial charge in [-0.05, 0) is 48.6 Å². The molecule has 1 aromatic carbocycles. The van der Waals surface area contributed by atoms with Gasteiger partial charge in [-0.2, -0.15) is 0 Å². The average Bonchev–Trinajstić information content (AvgIpc) is 2.35. The van der Waals surface area contributed by atoms with E-state index < -0.39 is 0 Å². The van der Waals surface area contributed by atoms with Crippen molar-refractivity contribution < 1.29 is 4.74 Å². The summed E-state index contributed by atoms with van der Waals surface area (Å²) in [7, 11) is 0. The fourth-order valence-electron chi connectivity index (χ4n) is 1.59. The highest BCUT2D eigenvalue weighted by Gasteiger charge is 2.32. The van der Waals surface area contributed by atoms with Gasteiger partial charge in [-0.1, -0.05) is 11.6 Å². The standard InChI is InChI=1S/C10H10ClIO/c1-10(2)5-6-8(12)4-3-7(11)9(6)13-10/h3-4H,5H2,1-2H3. The second-order valence-corrected chi connectivity index (χ2v) is 5.44. The molecule has 0 aromatic heterocycles. The predicted molar refractivity (Wildman–Crippen MR) is 62.6 cm³/mol. The summed E-state index contributed by atoms with van der Waals surface area (Å²) in [5.41, 5.74) is 1.14. The van der Waals surface area contributed by atoms with E-state index in [0.717, 1.165) is 17.2 Å². The summed E-state index contributed by atoms with van der Waals surface area (Å²) in [6.07, 6.45) is 0.946. The van der Waals surface area contributed by atoms with Gasteiger partial charge < -0.3 is 4.74 Å². The Balaban J connectivity index is 2.56. The lowest BCUT2D eigenvalue weighted by Crippen LogP contribution is -2.24. The van der Waals surface area contributed by atoms with Crippen LogP contribution in [0.15, 0.2) is 12.1 Å². The third-order valence-electron chi connectivity index (χ3n) is 2.14. The highest BCUT2D eigenvalue weighted by Crippen LogP contribution is 2.42. The fourth-order valence-corrected chi connectivity index (χ4v) is 2.42. The summed E-state index contributed by atoms with van der Waals surface area (Å²) in [5.74, 6) is 0.874. The monoisotopic (exact) mass is 308 g/mol. The summed E-state index contributed by atoms with van der Waals surface area (Å²) in [6.45, 7) is 4.17. The van der Waals surface area contributed by atoms with Crippen LogP contribution in [0.2, 0.25) is 5.02 Å². The average molecular weight is 309 g/mol. The van der Waals surface area contributed by atoms with E-state index in [1.807, 2.05) is 12.1 Å². The van der Waals surface area contributed by atoms with Gasteiger partial charge in [0.15, 0.2) is 0 Å². The Labute approximate surface area is 96.6 Å². The summed E-state index contributed by atoms with van der Waals surface area (Å²) < 4.78 is 7.01. The Morgan fingerprint density at radius 1 is 1.46 bits per heavy atom. The highest BCUT2D eigenvalue weighted by molar-refractivity contribution is 14.1. The van der Waals surface area contributed by atoms with Crippen molar-refractivity contribution in [2.24, 2.45) is 0 Å². The van der Waals surface area contributed by atoms with Crippen molar-refractivity contribution in [3.63, 3.8) is 0 Å². The van der Waals surface area contributed by atoms with Crippen LogP contribution >= 0.6 is 34.2 Å². The van der Waals surface area contributed by atoms with E-state index in [1.54, 1.807) is 0 Å². The van der Waals surface area contributed by atoms with Crippen molar-refractivity contribution in [3.8, 4) is 5.75 Å². The van der Waals surface area contributed by atoms with Gasteiger partial charge in [0.1, 0.15) is 11.4 Å². The zero-order valence-corrected chi connectivity index (χ0v) is 10.4. The van der Waals surface area contributed by atoms with Gasteiger partial charge in [0.05, 0.1) is 5.02 Å². The van der Waals surface area contributed by atoms with E-state index in [0.29, 0.717) is 0 Å². The molecule has 0 saturated heterocycles. The molecule has 13 heavy (non-hydrogen) atoms. The lowest BCUT2D eigenvalue weighted by Gasteiger charge is -2.17. The minimum absolute atomic E-state index is 0.104. The zero-order chi connectivity index (χ0) is 9.64. The van der Waals surface area contributed by atoms with Crippen LogP contribution < -0.4 is 4.74 Å². The summed E-state index contributed by atoms with van der Waals surface area (Å²) >= 11 is 8.36. The van der Waals surface area contributed by atoms with E-state index in [4.69, 9.17) is 16.3 Å². The number of ether oxygens (including phenoxy) is 1. The van der Waals surface area contributed by atoms with Crippen LogP contribution in [-0.2, 0) is 6.42 Å². The van der Waals surface area contributed by atoms with Gasteiger partial charge in [-0.3, -0.25) is 0 Å². The minimum Gasteiger partial charge on any atom is -0.486 e. The largest absolute Gasteiger partial charge is 0.486 e. The second-order valence-electron chi connectivity index (χ2n) is 3.88.